The number of sulfone groups is 1. The zero-order valence-corrected chi connectivity index (χ0v) is 27.8. The topological polar surface area (TPSA) is 82.1 Å². The second-order valence-corrected chi connectivity index (χ2v) is 15.6. The van der Waals surface area contributed by atoms with Crippen LogP contribution in [-0.4, -0.2) is 62.5 Å². The Bertz CT molecular complexity index is 1150. The molecule has 43 heavy (non-hydrogen) atoms. The van der Waals surface area contributed by atoms with E-state index in [1.165, 1.54) is 18.4 Å². The lowest BCUT2D eigenvalue weighted by Gasteiger charge is -2.38. The van der Waals surface area contributed by atoms with Crippen LogP contribution < -0.4 is 0 Å². The third-order valence-electron chi connectivity index (χ3n) is 10.3. The van der Waals surface area contributed by atoms with Crippen molar-refractivity contribution in [1.29, 1.82) is 0 Å². The van der Waals surface area contributed by atoms with Crippen molar-refractivity contribution < 1.29 is 27.7 Å². The van der Waals surface area contributed by atoms with Gasteiger partial charge in [-0.15, -0.1) is 0 Å². The smallest absolute Gasteiger partial charge is 0.178 e. The van der Waals surface area contributed by atoms with Gasteiger partial charge < -0.3 is 19.3 Å². The third-order valence-corrected chi connectivity index (χ3v) is 12.1. The molecule has 0 amide bonds. The fourth-order valence-electron chi connectivity index (χ4n) is 7.32. The van der Waals surface area contributed by atoms with Crippen LogP contribution in [0.1, 0.15) is 91.9 Å². The van der Waals surface area contributed by atoms with Gasteiger partial charge in [-0.25, -0.2) is 8.42 Å². The van der Waals surface area contributed by atoms with E-state index >= 15 is 0 Å². The van der Waals surface area contributed by atoms with Gasteiger partial charge in [-0.1, -0.05) is 78.3 Å². The molecule has 3 heterocycles. The second-order valence-electron chi connectivity index (χ2n) is 13.6. The SMILES string of the molecule is C=C1C[C@H](CCCC)OC1CC[C@H]1C[C@@H](C)C(=C)[C@@H](CC2O[C@H](C[C@H](C)CC)[C@H](CO)[C@H]2CS(=O)(=O)c2ccccc2)O1. The summed E-state index contributed by atoms with van der Waals surface area (Å²) in [7, 11) is -3.56. The number of aliphatic hydroxyl groups is 1. The van der Waals surface area contributed by atoms with Crippen LogP contribution in [0, 0.1) is 23.7 Å². The Labute approximate surface area is 261 Å². The summed E-state index contributed by atoms with van der Waals surface area (Å²) in [4.78, 5) is 0.315. The van der Waals surface area contributed by atoms with Crippen molar-refractivity contribution in [2.24, 2.45) is 23.7 Å². The molecule has 0 aliphatic carbocycles. The van der Waals surface area contributed by atoms with Crippen molar-refractivity contribution >= 4 is 9.84 Å². The lowest BCUT2D eigenvalue weighted by molar-refractivity contribution is -0.0739. The first-order valence-electron chi connectivity index (χ1n) is 16.8. The quantitative estimate of drug-likeness (QED) is 0.208. The van der Waals surface area contributed by atoms with Crippen LogP contribution in [0.3, 0.4) is 0 Å². The molecule has 242 valence electrons. The van der Waals surface area contributed by atoms with Gasteiger partial charge in [-0.05, 0) is 73.6 Å². The molecule has 0 bridgehead atoms. The van der Waals surface area contributed by atoms with E-state index in [0.29, 0.717) is 29.3 Å². The summed E-state index contributed by atoms with van der Waals surface area (Å²) in [5.74, 6) is 0.0951. The van der Waals surface area contributed by atoms with E-state index in [9.17, 15) is 13.5 Å². The maximum atomic E-state index is 13.6. The number of hydrogen-bond donors (Lipinski definition) is 1. The number of unbranched alkanes of at least 4 members (excludes halogenated alkanes) is 1. The number of rotatable bonds is 15. The van der Waals surface area contributed by atoms with Gasteiger partial charge in [-0.2, -0.15) is 0 Å². The lowest BCUT2D eigenvalue weighted by atomic mass is 9.81. The molecule has 0 spiro atoms. The summed E-state index contributed by atoms with van der Waals surface area (Å²) in [6.45, 7) is 17.4. The molecule has 0 aromatic heterocycles. The minimum Gasteiger partial charge on any atom is -0.396 e. The van der Waals surface area contributed by atoms with E-state index in [1.54, 1.807) is 24.3 Å². The maximum absolute atomic E-state index is 13.6. The molecular formula is C36H56O6S. The Hall–Kier alpha value is -1.51. The summed E-state index contributed by atoms with van der Waals surface area (Å²) in [6, 6.07) is 8.63. The van der Waals surface area contributed by atoms with Gasteiger partial charge in [0.05, 0.1) is 47.3 Å². The maximum Gasteiger partial charge on any atom is 0.178 e. The highest BCUT2D eigenvalue weighted by Gasteiger charge is 2.48. The average molecular weight is 617 g/mol. The molecule has 3 fully saturated rings. The highest BCUT2D eigenvalue weighted by Crippen LogP contribution is 2.43. The van der Waals surface area contributed by atoms with Crippen LogP contribution >= 0.6 is 0 Å². The summed E-state index contributed by atoms with van der Waals surface area (Å²) in [5, 5.41) is 10.5. The standard InChI is InChI=1S/C36H56O6S/c1-7-9-13-28-20-26(5)33(40-28)17-16-29-19-25(4)27(6)34(41-29)21-36-32(23-43(38,39)30-14-11-10-12-15-30)31(22-37)35(42-36)18-24(3)8-2/h10-12,14-15,24-25,28-29,31-37H,5-9,13,16-23H2,1-4H3/t24-,25-,28+,29+,31-,32-,33?,34-,35-,36?/m1/s1. The predicted octanol–water partition coefficient (Wildman–Crippen LogP) is 7.31. The molecule has 3 aliphatic rings. The Kier molecular flexibility index (Phi) is 12.5. The van der Waals surface area contributed by atoms with Crippen molar-refractivity contribution in [1.82, 2.24) is 0 Å². The van der Waals surface area contributed by atoms with Crippen molar-refractivity contribution in [2.45, 2.75) is 133 Å². The molecule has 10 atom stereocenters. The highest BCUT2D eigenvalue weighted by molar-refractivity contribution is 7.91. The highest BCUT2D eigenvalue weighted by atomic mass is 32.2. The predicted molar refractivity (Wildman–Crippen MR) is 173 cm³/mol. The van der Waals surface area contributed by atoms with Crippen LogP contribution in [0.2, 0.25) is 0 Å². The van der Waals surface area contributed by atoms with Gasteiger partial charge in [0, 0.05) is 24.9 Å². The Morgan fingerprint density at radius 1 is 0.953 bits per heavy atom. The summed E-state index contributed by atoms with van der Waals surface area (Å²) in [6.07, 6.45) is 9.23. The number of aliphatic hydroxyl groups excluding tert-OH is 1. The minimum atomic E-state index is -3.56. The molecule has 3 saturated heterocycles. The van der Waals surface area contributed by atoms with E-state index in [0.717, 1.165) is 50.5 Å². The summed E-state index contributed by atoms with van der Waals surface area (Å²) < 4.78 is 46.8. The van der Waals surface area contributed by atoms with Crippen molar-refractivity contribution in [3.63, 3.8) is 0 Å². The molecular weight excluding hydrogens is 560 g/mol. The van der Waals surface area contributed by atoms with Gasteiger partial charge in [0.25, 0.3) is 0 Å². The number of ether oxygens (including phenoxy) is 3. The molecule has 3 aliphatic heterocycles. The van der Waals surface area contributed by atoms with Gasteiger partial charge >= 0.3 is 0 Å². The first-order valence-corrected chi connectivity index (χ1v) is 18.4. The number of hydrogen-bond acceptors (Lipinski definition) is 6. The fraction of sp³-hybridized carbons (Fsp3) is 0.722. The second kappa shape index (κ2) is 15.7. The monoisotopic (exact) mass is 616 g/mol. The first-order chi connectivity index (χ1) is 20.6. The summed E-state index contributed by atoms with van der Waals surface area (Å²) >= 11 is 0. The van der Waals surface area contributed by atoms with E-state index in [-0.39, 0.29) is 54.7 Å². The fourth-order valence-corrected chi connectivity index (χ4v) is 9.05. The summed E-state index contributed by atoms with van der Waals surface area (Å²) in [5.41, 5.74) is 2.26. The molecule has 0 radical (unpaired) electrons. The van der Waals surface area contributed by atoms with Crippen LogP contribution in [0.15, 0.2) is 59.5 Å². The molecule has 0 saturated carbocycles. The van der Waals surface area contributed by atoms with E-state index < -0.39 is 9.84 Å². The molecule has 1 aromatic carbocycles. The lowest BCUT2D eigenvalue weighted by Crippen LogP contribution is -2.39. The van der Waals surface area contributed by atoms with Crippen LogP contribution in [-0.2, 0) is 24.0 Å². The van der Waals surface area contributed by atoms with Gasteiger partial charge in [0.15, 0.2) is 9.84 Å². The molecule has 6 nitrogen and oxygen atoms in total. The van der Waals surface area contributed by atoms with Crippen LogP contribution in [0.25, 0.3) is 0 Å². The van der Waals surface area contributed by atoms with E-state index in [1.807, 2.05) is 6.07 Å². The number of benzene rings is 1. The van der Waals surface area contributed by atoms with Gasteiger partial charge in [0.1, 0.15) is 0 Å². The normalized spacial score (nSPS) is 34.1. The average Bonchev–Trinajstić information content (AvgIpc) is 3.50. The zero-order valence-electron chi connectivity index (χ0n) is 27.0. The largest absolute Gasteiger partial charge is 0.396 e. The van der Waals surface area contributed by atoms with Gasteiger partial charge in [-0.3, -0.25) is 0 Å². The van der Waals surface area contributed by atoms with E-state index in [2.05, 4.69) is 40.9 Å². The first kappa shape index (κ1) is 34.4. The Balaban J connectivity index is 1.46. The van der Waals surface area contributed by atoms with Crippen LogP contribution in [0.4, 0.5) is 0 Å². The minimum absolute atomic E-state index is 0.0532. The molecule has 1 aromatic rings. The zero-order chi connectivity index (χ0) is 31.1. The van der Waals surface area contributed by atoms with E-state index in [4.69, 9.17) is 14.2 Å². The Morgan fingerprint density at radius 3 is 2.35 bits per heavy atom. The molecule has 1 N–H and O–H groups in total. The van der Waals surface area contributed by atoms with Crippen molar-refractivity contribution in [3.8, 4) is 0 Å². The molecule has 4 rings (SSSR count). The van der Waals surface area contributed by atoms with Crippen molar-refractivity contribution in [2.75, 3.05) is 12.4 Å². The molecule has 2 unspecified atom stereocenters. The molecule has 7 heteroatoms. The Morgan fingerprint density at radius 2 is 1.67 bits per heavy atom. The van der Waals surface area contributed by atoms with Crippen LogP contribution in [0.5, 0.6) is 0 Å². The van der Waals surface area contributed by atoms with Gasteiger partial charge in [0.2, 0.25) is 0 Å². The van der Waals surface area contributed by atoms with Crippen molar-refractivity contribution in [3.05, 3.63) is 54.6 Å². The third kappa shape index (κ3) is 8.82.